The van der Waals surface area contributed by atoms with Gasteiger partial charge in [-0.05, 0) is 27.7 Å². The summed E-state index contributed by atoms with van der Waals surface area (Å²) in [6.07, 6.45) is 0.454. The fraction of sp³-hybridized carbons (Fsp3) is 1.00. The highest BCUT2D eigenvalue weighted by molar-refractivity contribution is 6.73. The van der Waals surface area contributed by atoms with Gasteiger partial charge in [-0.25, -0.2) is 0 Å². The molecule has 1 aliphatic heterocycles. The normalized spacial score (nSPS) is 23.3. The quantitative estimate of drug-likeness (QED) is 0.717. The fourth-order valence-electron chi connectivity index (χ4n) is 2.53. The third-order valence-corrected chi connectivity index (χ3v) is 6.53. The van der Waals surface area contributed by atoms with E-state index in [0.717, 1.165) is 19.6 Å². The highest BCUT2D eigenvalue weighted by atomic mass is 28.3. The predicted octanol–water partition coefficient (Wildman–Crippen LogP) is 1.24. The standard InChI is InChI=1S/C13H32N4Si/c1-8-17-11-9-14(2)13(15(3)10-12-17)16(4)18(5,6)7/h13H,8-12H2,1-7H3. The van der Waals surface area contributed by atoms with E-state index in [4.69, 9.17) is 0 Å². The first kappa shape index (κ1) is 16.1. The van der Waals surface area contributed by atoms with E-state index in [2.05, 4.69) is 67.0 Å². The minimum atomic E-state index is -1.26. The van der Waals surface area contributed by atoms with Gasteiger partial charge in [0.05, 0.1) is 0 Å². The van der Waals surface area contributed by atoms with Crippen molar-refractivity contribution in [3.63, 3.8) is 0 Å². The van der Waals surface area contributed by atoms with Crippen molar-refractivity contribution in [1.82, 2.24) is 19.3 Å². The molecular weight excluding hydrogens is 240 g/mol. The molecule has 1 saturated heterocycles. The fourth-order valence-corrected chi connectivity index (χ4v) is 3.62. The molecule has 1 aliphatic rings. The third-order valence-electron chi connectivity index (χ3n) is 4.18. The van der Waals surface area contributed by atoms with Gasteiger partial charge < -0.3 is 9.47 Å². The molecule has 18 heavy (non-hydrogen) atoms. The highest BCUT2D eigenvalue weighted by Crippen LogP contribution is 2.17. The maximum atomic E-state index is 2.61. The van der Waals surface area contributed by atoms with Gasteiger partial charge in [-0.2, -0.15) is 0 Å². The van der Waals surface area contributed by atoms with Crippen molar-refractivity contribution in [2.45, 2.75) is 32.9 Å². The Morgan fingerprint density at radius 2 is 1.44 bits per heavy atom. The summed E-state index contributed by atoms with van der Waals surface area (Å²) >= 11 is 0. The molecule has 0 aromatic heterocycles. The average molecular weight is 273 g/mol. The molecule has 0 spiro atoms. The van der Waals surface area contributed by atoms with Crippen molar-refractivity contribution in [2.24, 2.45) is 0 Å². The van der Waals surface area contributed by atoms with Gasteiger partial charge in [0.1, 0.15) is 14.5 Å². The molecular formula is C13H32N4Si. The van der Waals surface area contributed by atoms with Gasteiger partial charge in [0.2, 0.25) is 0 Å². The molecule has 0 amide bonds. The van der Waals surface area contributed by atoms with E-state index in [1.807, 2.05) is 0 Å². The zero-order valence-electron chi connectivity index (χ0n) is 13.4. The van der Waals surface area contributed by atoms with Crippen LogP contribution in [0, 0.1) is 0 Å². The first-order valence-electron chi connectivity index (χ1n) is 7.13. The number of hydrogen-bond donors (Lipinski definition) is 0. The average Bonchev–Trinajstić information content (AvgIpc) is 2.26. The summed E-state index contributed by atoms with van der Waals surface area (Å²) in [5.74, 6) is 0. The zero-order valence-corrected chi connectivity index (χ0v) is 14.4. The summed E-state index contributed by atoms with van der Waals surface area (Å²) in [5.41, 5.74) is 0. The van der Waals surface area contributed by atoms with Crippen LogP contribution in [-0.2, 0) is 0 Å². The van der Waals surface area contributed by atoms with Crippen LogP contribution < -0.4 is 0 Å². The van der Waals surface area contributed by atoms with Crippen LogP contribution in [0.2, 0.25) is 19.6 Å². The molecule has 0 atom stereocenters. The number of likely N-dealkylation sites (N-methyl/N-ethyl adjacent to an activating group) is 3. The van der Waals surface area contributed by atoms with Gasteiger partial charge in [0, 0.05) is 26.2 Å². The number of rotatable bonds is 3. The summed E-state index contributed by atoms with van der Waals surface area (Å²) < 4.78 is 2.61. The van der Waals surface area contributed by atoms with E-state index < -0.39 is 8.24 Å². The van der Waals surface area contributed by atoms with Gasteiger partial charge in [0.25, 0.3) is 0 Å². The van der Waals surface area contributed by atoms with Crippen molar-refractivity contribution in [2.75, 3.05) is 53.9 Å². The smallest absolute Gasteiger partial charge is 0.122 e. The van der Waals surface area contributed by atoms with Crippen molar-refractivity contribution < 1.29 is 0 Å². The van der Waals surface area contributed by atoms with Crippen LogP contribution in [0.4, 0.5) is 0 Å². The molecule has 1 rings (SSSR count). The molecule has 0 unspecified atom stereocenters. The lowest BCUT2D eigenvalue weighted by atomic mass is 10.3. The van der Waals surface area contributed by atoms with E-state index in [0.29, 0.717) is 6.29 Å². The Kier molecular flexibility index (Phi) is 5.80. The molecule has 1 fully saturated rings. The largest absolute Gasteiger partial charge is 0.301 e. The molecule has 4 nitrogen and oxygen atoms in total. The van der Waals surface area contributed by atoms with Gasteiger partial charge in [-0.15, -0.1) is 0 Å². The third kappa shape index (κ3) is 4.03. The topological polar surface area (TPSA) is 13.0 Å². The second kappa shape index (κ2) is 6.48. The van der Waals surface area contributed by atoms with Crippen LogP contribution in [-0.4, -0.2) is 87.7 Å². The van der Waals surface area contributed by atoms with Crippen molar-refractivity contribution >= 4 is 8.24 Å². The van der Waals surface area contributed by atoms with Gasteiger partial charge >= 0.3 is 0 Å². The Labute approximate surface area is 115 Å². The van der Waals surface area contributed by atoms with Crippen molar-refractivity contribution in [1.29, 1.82) is 0 Å². The van der Waals surface area contributed by atoms with Gasteiger partial charge in [-0.1, -0.05) is 26.6 Å². The summed E-state index contributed by atoms with van der Waals surface area (Å²) in [7, 11) is 5.56. The Morgan fingerprint density at radius 3 is 1.78 bits per heavy atom. The van der Waals surface area contributed by atoms with Crippen molar-refractivity contribution in [3.05, 3.63) is 0 Å². The Hall–Kier alpha value is 0.0569. The molecule has 0 aromatic rings. The van der Waals surface area contributed by atoms with E-state index in [1.165, 1.54) is 13.1 Å². The molecule has 0 N–H and O–H groups in total. The van der Waals surface area contributed by atoms with Crippen LogP contribution in [0.3, 0.4) is 0 Å². The lowest BCUT2D eigenvalue weighted by Crippen LogP contribution is -2.64. The lowest BCUT2D eigenvalue weighted by Gasteiger charge is -2.48. The Bertz CT molecular complexity index is 240. The molecule has 1 heterocycles. The van der Waals surface area contributed by atoms with Crippen LogP contribution in [0.15, 0.2) is 0 Å². The minimum Gasteiger partial charge on any atom is -0.301 e. The molecule has 0 radical (unpaired) electrons. The summed E-state index contributed by atoms with van der Waals surface area (Å²) in [4.78, 5) is 7.54. The van der Waals surface area contributed by atoms with Crippen LogP contribution in [0.25, 0.3) is 0 Å². The molecule has 108 valence electrons. The number of nitrogens with zero attached hydrogens (tertiary/aromatic N) is 4. The second-order valence-electron chi connectivity index (χ2n) is 6.52. The summed E-state index contributed by atoms with van der Waals surface area (Å²) in [6.45, 7) is 15.4. The monoisotopic (exact) mass is 272 g/mol. The lowest BCUT2D eigenvalue weighted by molar-refractivity contribution is -0.0201. The minimum absolute atomic E-state index is 0.454. The van der Waals surface area contributed by atoms with Crippen LogP contribution in [0.5, 0.6) is 0 Å². The van der Waals surface area contributed by atoms with Crippen LogP contribution in [0.1, 0.15) is 6.92 Å². The van der Waals surface area contributed by atoms with E-state index >= 15 is 0 Å². The van der Waals surface area contributed by atoms with Gasteiger partial charge in [-0.3, -0.25) is 9.80 Å². The second-order valence-corrected chi connectivity index (χ2v) is 11.6. The van der Waals surface area contributed by atoms with E-state index in [1.54, 1.807) is 0 Å². The maximum absolute atomic E-state index is 2.61. The molecule has 0 bridgehead atoms. The zero-order chi connectivity index (χ0) is 13.9. The maximum Gasteiger partial charge on any atom is 0.122 e. The van der Waals surface area contributed by atoms with Crippen molar-refractivity contribution in [3.8, 4) is 0 Å². The Morgan fingerprint density at radius 1 is 1.00 bits per heavy atom. The molecule has 0 aliphatic carbocycles. The molecule has 0 saturated carbocycles. The predicted molar refractivity (Wildman–Crippen MR) is 82.3 cm³/mol. The summed E-state index contributed by atoms with van der Waals surface area (Å²) in [5, 5.41) is 0. The van der Waals surface area contributed by atoms with E-state index in [9.17, 15) is 0 Å². The Balaban J connectivity index is 2.77. The molecule has 5 heteroatoms. The highest BCUT2D eigenvalue weighted by Gasteiger charge is 2.33. The summed E-state index contributed by atoms with van der Waals surface area (Å²) in [6, 6.07) is 0. The first-order chi connectivity index (χ1) is 8.27. The van der Waals surface area contributed by atoms with E-state index in [-0.39, 0.29) is 0 Å². The van der Waals surface area contributed by atoms with Crippen LogP contribution >= 0.6 is 0 Å². The SMILES string of the molecule is CCN1CCN(C)C(N(C)[Si](C)(C)C)N(C)CC1. The molecule has 0 aromatic carbocycles. The first-order valence-corrected chi connectivity index (χ1v) is 10.6. The van der Waals surface area contributed by atoms with Gasteiger partial charge in [0.15, 0.2) is 0 Å². The number of hydrogen-bond acceptors (Lipinski definition) is 4.